The third-order valence-corrected chi connectivity index (χ3v) is 2.52. The normalized spacial score (nSPS) is 10.5. The predicted octanol–water partition coefficient (Wildman–Crippen LogP) is 1.62. The minimum Gasteiger partial charge on any atom is -0.383 e. The number of benzene rings is 1. The van der Waals surface area contributed by atoms with Gasteiger partial charge < -0.3 is 10.2 Å². The molecule has 4 heteroatoms. The molecule has 0 atom stereocenters. The summed E-state index contributed by atoms with van der Waals surface area (Å²) >= 11 is 0. The fourth-order valence-electron chi connectivity index (χ4n) is 1.58. The molecule has 0 spiro atoms. The second-order valence-electron chi connectivity index (χ2n) is 4.58. The molecule has 0 aliphatic heterocycles. The Labute approximate surface area is 114 Å². The summed E-state index contributed by atoms with van der Waals surface area (Å²) in [6.45, 7) is 2.08. The molecular weight excluding hydrogens is 240 g/mol. The number of hydrogen-bond acceptors (Lipinski definition) is 3. The van der Waals surface area contributed by atoms with E-state index in [0.29, 0.717) is 12.1 Å². The lowest BCUT2D eigenvalue weighted by Crippen LogP contribution is -2.22. The Kier molecular flexibility index (Phi) is 5.79. The number of rotatable bonds is 6. The van der Waals surface area contributed by atoms with E-state index in [2.05, 4.69) is 5.32 Å². The summed E-state index contributed by atoms with van der Waals surface area (Å²) in [7, 11) is 3.74. The smallest absolute Gasteiger partial charge is 0.216 e. The van der Waals surface area contributed by atoms with Crippen LogP contribution in [-0.2, 0) is 11.2 Å². The summed E-state index contributed by atoms with van der Waals surface area (Å²) in [5, 5.41) is 2.74. The molecule has 1 aromatic carbocycles. The van der Waals surface area contributed by atoms with Crippen molar-refractivity contribution in [3.63, 3.8) is 0 Å². The first kappa shape index (κ1) is 15.0. The molecule has 102 valence electrons. The lowest BCUT2D eigenvalue weighted by Gasteiger charge is -2.05. The van der Waals surface area contributed by atoms with Crippen molar-refractivity contribution >= 4 is 11.7 Å². The lowest BCUT2D eigenvalue weighted by molar-refractivity contribution is -0.118. The molecular formula is C15H20N2O2. The summed E-state index contributed by atoms with van der Waals surface area (Å²) in [5.41, 5.74) is 1.70. The van der Waals surface area contributed by atoms with E-state index in [1.54, 1.807) is 18.3 Å². The second kappa shape index (κ2) is 7.36. The Bertz CT molecular complexity index is 479. The van der Waals surface area contributed by atoms with Crippen molar-refractivity contribution in [2.24, 2.45) is 0 Å². The quantitative estimate of drug-likeness (QED) is 0.624. The maximum Gasteiger partial charge on any atom is 0.216 e. The number of nitrogens with one attached hydrogen (secondary N) is 1. The highest BCUT2D eigenvalue weighted by Crippen LogP contribution is 2.07. The zero-order chi connectivity index (χ0) is 14.3. The van der Waals surface area contributed by atoms with Gasteiger partial charge in [0.05, 0.1) is 0 Å². The summed E-state index contributed by atoms with van der Waals surface area (Å²) in [5.74, 6) is -0.0591. The van der Waals surface area contributed by atoms with Gasteiger partial charge in [-0.15, -0.1) is 0 Å². The Balaban J connectivity index is 2.66. The third kappa shape index (κ3) is 5.86. The number of nitrogens with zero attached hydrogens (tertiary/aromatic N) is 1. The topological polar surface area (TPSA) is 49.4 Å². The zero-order valence-corrected chi connectivity index (χ0v) is 11.6. The van der Waals surface area contributed by atoms with Gasteiger partial charge in [-0.3, -0.25) is 9.59 Å². The minimum absolute atomic E-state index is 0.0184. The monoisotopic (exact) mass is 260 g/mol. The standard InChI is InChI=1S/C15H20N2O2/c1-12(18)16-9-7-13-5-4-6-14(11-13)15(19)8-10-17(2)3/h4-6,8,10-11H,7,9H2,1-3H3,(H,16,18). The molecule has 4 nitrogen and oxygen atoms in total. The minimum atomic E-state index is -0.0406. The second-order valence-corrected chi connectivity index (χ2v) is 4.58. The Morgan fingerprint density at radius 2 is 2.05 bits per heavy atom. The van der Waals surface area contributed by atoms with Gasteiger partial charge in [0.15, 0.2) is 5.78 Å². The van der Waals surface area contributed by atoms with Crippen molar-refractivity contribution in [2.45, 2.75) is 13.3 Å². The number of ketones is 1. The fraction of sp³-hybridized carbons (Fsp3) is 0.333. The average Bonchev–Trinajstić information content (AvgIpc) is 2.36. The maximum absolute atomic E-state index is 11.9. The maximum atomic E-state index is 11.9. The van der Waals surface area contributed by atoms with Crippen LogP contribution in [0, 0.1) is 0 Å². The Hall–Kier alpha value is -2.10. The van der Waals surface area contributed by atoms with Gasteiger partial charge in [-0.1, -0.05) is 18.2 Å². The van der Waals surface area contributed by atoms with E-state index >= 15 is 0 Å². The summed E-state index contributed by atoms with van der Waals surface area (Å²) < 4.78 is 0. The largest absolute Gasteiger partial charge is 0.383 e. The third-order valence-electron chi connectivity index (χ3n) is 2.52. The van der Waals surface area contributed by atoms with E-state index in [4.69, 9.17) is 0 Å². The number of amides is 1. The van der Waals surface area contributed by atoms with E-state index in [0.717, 1.165) is 12.0 Å². The number of allylic oxidation sites excluding steroid dienone is 1. The van der Waals surface area contributed by atoms with Crippen molar-refractivity contribution in [3.8, 4) is 0 Å². The Morgan fingerprint density at radius 3 is 2.68 bits per heavy atom. The van der Waals surface area contributed by atoms with Gasteiger partial charge >= 0.3 is 0 Å². The summed E-state index contributed by atoms with van der Waals surface area (Å²) in [4.78, 5) is 24.5. The van der Waals surface area contributed by atoms with Crippen molar-refractivity contribution in [3.05, 3.63) is 47.7 Å². The molecule has 0 saturated carbocycles. The van der Waals surface area contributed by atoms with Crippen LogP contribution < -0.4 is 5.32 Å². The molecule has 0 aliphatic rings. The first-order chi connectivity index (χ1) is 8.99. The van der Waals surface area contributed by atoms with Crippen LogP contribution in [0.15, 0.2) is 36.5 Å². The van der Waals surface area contributed by atoms with Crippen LogP contribution in [0.1, 0.15) is 22.8 Å². The van der Waals surface area contributed by atoms with Crippen molar-refractivity contribution in [2.75, 3.05) is 20.6 Å². The van der Waals surface area contributed by atoms with Crippen LogP contribution >= 0.6 is 0 Å². The predicted molar refractivity (Wildman–Crippen MR) is 76.0 cm³/mol. The molecule has 19 heavy (non-hydrogen) atoms. The molecule has 0 heterocycles. The van der Waals surface area contributed by atoms with E-state index in [9.17, 15) is 9.59 Å². The molecule has 0 aliphatic carbocycles. The van der Waals surface area contributed by atoms with Crippen LogP contribution in [0.5, 0.6) is 0 Å². The van der Waals surface area contributed by atoms with Gasteiger partial charge in [-0.2, -0.15) is 0 Å². The van der Waals surface area contributed by atoms with Gasteiger partial charge in [0.1, 0.15) is 0 Å². The van der Waals surface area contributed by atoms with Gasteiger partial charge in [-0.25, -0.2) is 0 Å². The van der Waals surface area contributed by atoms with Gasteiger partial charge in [-0.05, 0) is 18.1 Å². The molecule has 1 amide bonds. The first-order valence-electron chi connectivity index (χ1n) is 6.21. The molecule has 1 aromatic rings. The van der Waals surface area contributed by atoms with Gasteiger partial charge in [0, 0.05) is 45.4 Å². The molecule has 1 rings (SSSR count). The van der Waals surface area contributed by atoms with E-state index in [1.165, 1.54) is 6.92 Å². The highest BCUT2D eigenvalue weighted by atomic mass is 16.1. The van der Waals surface area contributed by atoms with Crippen molar-refractivity contribution in [1.29, 1.82) is 0 Å². The molecule has 0 unspecified atom stereocenters. The van der Waals surface area contributed by atoms with Crippen LogP contribution in [-0.4, -0.2) is 37.2 Å². The van der Waals surface area contributed by atoms with Gasteiger partial charge in [0.25, 0.3) is 0 Å². The van der Waals surface area contributed by atoms with Crippen LogP contribution in [0.4, 0.5) is 0 Å². The van der Waals surface area contributed by atoms with Gasteiger partial charge in [0.2, 0.25) is 5.91 Å². The number of carbonyl (C=O) groups is 2. The average molecular weight is 260 g/mol. The summed E-state index contributed by atoms with van der Waals surface area (Å²) in [6, 6.07) is 7.47. The van der Waals surface area contributed by atoms with E-state index in [-0.39, 0.29) is 11.7 Å². The van der Waals surface area contributed by atoms with Crippen molar-refractivity contribution < 1.29 is 9.59 Å². The first-order valence-corrected chi connectivity index (χ1v) is 6.21. The van der Waals surface area contributed by atoms with E-state index < -0.39 is 0 Å². The zero-order valence-electron chi connectivity index (χ0n) is 11.6. The molecule has 1 N–H and O–H groups in total. The molecule has 0 aromatic heterocycles. The lowest BCUT2D eigenvalue weighted by atomic mass is 10.1. The highest BCUT2D eigenvalue weighted by Gasteiger charge is 2.03. The number of carbonyl (C=O) groups excluding carboxylic acids is 2. The van der Waals surface area contributed by atoms with Crippen molar-refractivity contribution in [1.82, 2.24) is 10.2 Å². The van der Waals surface area contributed by atoms with E-state index in [1.807, 2.05) is 37.2 Å². The molecule has 0 radical (unpaired) electrons. The van der Waals surface area contributed by atoms with Crippen LogP contribution in [0.25, 0.3) is 0 Å². The van der Waals surface area contributed by atoms with Crippen LogP contribution in [0.2, 0.25) is 0 Å². The van der Waals surface area contributed by atoms with Crippen LogP contribution in [0.3, 0.4) is 0 Å². The Morgan fingerprint density at radius 1 is 1.32 bits per heavy atom. The molecule has 0 saturated heterocycles. The SMILES string of the molecule is CC(=O)NCCc1cccc(C(=O)C=CN(C)C)c1. The molecule has 0 bridgehead atoms. The highest BCUT2D eigenvalue weighted by molar-refractivity contribution is 6.04. The number of hydrogen-bond donors (Lipinski definition) is 1. The summed E-state index contributed by atoms with van der Waals surface area (Å²) in [6.07, 6.45) is 4.00. The molecule has 0 fully saturated rings. The fourth-order valence-corrected chi connectivity index (χ4v) is 1.58.